The topological polar surface area (TPSA) is 44.1 Å². The van der Waals surface area contributed by atoms with E-state index in [-0.39, 0.29) is 5.78 Å². The van der Waals surface area contributed by atoms with Gasteiger partial charge < -0.3 is 9.30 Å². The van der Waals surface area contributed by atoms with Crippen LogP contribution in [0.5, 0.6) is 5.75 Å². The third-order valence-electron chi connectivity index (χ3n) is 2.43. The Labute approximate surface area is 104 Å². The fourth-order valence-electron chi connectivity index (χ4n) is 1.56. The maximum absolute atomic E-state index is 12.2. The van der Waals surface area contributed by atoms with Crippen molar-refractivity contribution in [1.82, 2.24) is 9.55 Å². The lowest BCUT2D eigenvalue weighted by atomic mass is 10.1. The van der Waals surface area contributed by atoms with Gasteiger partial charge in [-0.15, -0.1) is 0 Å². The van der Waals surface area contributed by atoms with E-state index >= 15 is 0 Å². The Hall–Kier alpha value is -1.81. The predicted molar refractivity (Wildman–Crippen MR) is 64.6 cm³/mol. The molecule has 1 heterocycles. The molecule has 0 amide bonds. The second-order valence-electron chi connectivity index (χ2n) is 3.54. The Morgan fingerprint density at radius 2 is 2.24 bits per heavy atom. The quantitative estimate of drug-likeness (QED) is 0.786. The molecule has 0 spiro atoms. The van der Waals surface area contributed by atoms with E-state index in [2.05, 4.69) is 4.98 Å². The molecule has 17 heavy (non-hydrogen) atoms. The van der Waals surface area contributed by atoms with Crippen molar-refractivity contribution < 1.29 is 9.53 Å². The lowest BCUT2D eigenvalue weighted by Crippen LogP contribution is -2.10. The molecule has 0 N–H and O–H groups in total. The van der Waals surface area contributed by atoms with Crippen LogP contribution >= 0.6 is 11.6 Å². The van der Waals surface area contributed by atoms with E-state index in [0.717, 1.165) is 0 Å². The van der Waals surface area contributed by atoms with Crippen LogP contribution in [0.3, 0.4) is 0 Å². The van der Waals surface area contributed by atoms with Crippen molar-refractivity contribution in [1.29, 1.82) is 0 Å². The zero-order valence-electron chi connectivity index (χ0n) is 9.48. The molecule has 0 unspecified atom stereocenters. The Morgan fingerprint density at radius 1 is 1.47 bits per heavy atom. The smallest absolute Gasteiger partial charge is 0.232 e. The average Bonchev–Trinajstić information content (AvgIpc) is 2.74. The number of ketones is 1. The van der Waals surface area contributed by atoms with Crippen LogP contribution in [0.2, 0.25) is 5.02 Å². The predicted octanol–water partition coefficient (Wildman–Crippen LogP) is 2.31. The molecular weight excluding hydrogens is 240 g/mol. The number of halogens is 1. The van der Waals surface area contributed by atoms with E-state index in [4.69, 9.17) is 16.3 Å². The standard InChI is InChI=1S/C12H11ClN2O2/c1-15-6-5-14-12(15)11(16)9-7-8(13)3-4-10(9)17-2/h3-7H,1-2H3. The monoisotopic (exact) mass is 250 g/mol. The molecule has 1 aromatic heterocycles. The minimum atomic E-state index is -0.211. The number of hydrogen-bond acceptors (Lipinski definition) is 3. The van der Waals surface area contributed by atoms with Crippen molar-refractivity contribution in [3.8, 4) is 5.75 Å². The van der Waals surface area contributed by atoms with Crippen molar-refractivity contribution in [2.24, 2.45) is 7.05 Å². The largest absolute Gasteiger partial charge is 0.496 e. The summed E-state index contributed by atoms with van der Waals surface area (Å²) >= 11 is 5.88. The van der Waals surface area contributed by atoms with Crippen LogP contribution in [0.4, 0.5) is 0 Å². The molecule has 0 fully saturated rings. The van der Waals surface area contributed by atoms with Crippen LogP contribution in [0, 0.1) is 0 Å². The van der Waals surface area contributed by atoms with Gasteiger partial charge in [0.15, 0.2) is 5.82 Å². The third-order valence-corrected chi connectivity index (χ3v) is 2.67. The van der Waals surface area contributed by atoms with Gasteiger partial charge in [-0.05, 0) is 18.2 Å². The summed E-state index contributed by atoms with van der Waals surface area (Å²) in [4.78, 5) is 16.3. The van der Waals surface area contributed by atoms with Crippen LogP contribution in [0.1, 0.15) is 16.2 Å². The van der Waals surface area contributed by atoms with Gasteiger partial charge in [0.1, 0.15) is 5.75 Å². The summed E-state index contributed by atoms with van der Waals surface area (Å²) in [6.07, 6.45) is 3.29. The minimum Gasteiger partial charge on any atom is -0.496 e. The number of nitrogens with zero attached hydrogens (tertiary/aromatic N) is 2. The second-order valence-corrected chi connectivity index (χ2v) is 3.97. The van der Waals surface area contributed by atoms with Gasteiger partial charge >= 0.3 is 0 Å². The zero-order chi connectivity index (χ0) is 12.4. The van der Waals surface area contributed by atoms with Crippen LogP contribution in [-0.2, 0) is 7.05 Å². The summed E-state index contributed by atoms with van der Waals surface area (Å²) in [5.41, 5.74) is 0.411. The molecule has 0 aliphatic rings. The molecule has 0 radical (unpaired) electrons. The molecule has 2 aromatic rings. The normalized spacial score (nSPS) is 10.3. The van der Waals surface area contributed by atoms with E-state index in [0.29, 0.717) is 22.2 Å². The number of rotatable bonds is 3. The Kier molecular flexibility index (Phi) is 3.15. The summed E-state index contributed by atoms with van der Waals surface area (Å²) in [5.74, 6) is 0.629. The van der Waals surface area contributed by atoms with Crippen molar-refractivity contribution in [2.75, 3.05) is 7.11 Å². The number of aryl methyl sites for hydroxylation is 1. The first-order valence-corrected chi connectivity index (χ1v) is 5.37. The number of carbonyl (C=O) groups excluding carboxylic acids is 1. The van der Waals surface area contributed by atoms with Crippen molar-refractivity contribution in [2.45, 2.75) is 0 Å². The second kappa shape index (κ2) is 4.59. The highest BCUT2D eigenvalue weighted by Crippen LogP contribution is 2.24. The molecular formula is C12H11ClN2O2. The van der Waals surface area contributed by atoms with Crippen LogP contribution in [0.15, 0.2) is 30.6 Å². The molecule has 4 nitrogen and oxygen atoms in total. The number of aromatic nitrogens is 2. The summed E-state index contributed by atoms with van der Waals surface area (Å²) in [6.45, 7) is 0. The molecule has 0 saturated carbocycles. The van der Waals surface area contributed by atoms with E-state index in [1.165, 1.54) is 7.11 Å². The van der Waals surface area contributed by atoms with Gasteiger partial charge in [0, 0.05) is 24.5 Å². The number of carbonyl (C=O) groups is 1. The van der Waals surface area contributed by atoms with E-state index in [1.54, 1.807) is 42.2 Å². The minimum absolute atomic E-state index is 0.211. The SMILES string of the molecule is COc1ccc(Cl)cc1C(=O)c1nccn1C. The Bertz CT molecular complexity index is 563. The molecule has 0 aliphatic carbocycles. The number of methoxy groups -OCH3 is 1. The molecule has 2 rings (SSSR count). The number of hydrogen-bond donors (Lipinski definition) is 0. The molecule has 0 bridgehead atoms. The first kappa shape index (κ1) is 11.7. The molecule has 1 aromatic carbocycles. The van der Waals surface area contributed by atoms with Gasteiger partial charge in [-0.2, -0.15) is 0 Å². The fraction of sp³-hybridized carbons (Fsp3) is 0.167. The van der Waals surface area contributed by atoms with Gasteiger partial charge in [-0.1, -0.05) is 11.6 Å². The Morgan fingerprint density at radius 3 is 2.82 bits per heavy atom. The van der Waals surface area contributed by atoms with Gasteiger partial charge in [-0.25, -0.2) is 4.98 Å². The molecule has 88 valence electrons. The summed E-state index contributed by atoms with van der Waals surface area (Å²) in [6, 6.07) is 4.92. The highest BCUT2D eigenvalue weighted by atomic mass is 35.5. The highest BCUT2D eigenvalue weighted by Gasteiger charge is 2.18. The van der Waals surface area contributed by atoms with E-state index < -0.39 is 0 Å². The average molecular weight is 251 g/mol. The van der Waals surface area contributed by atoms with Crippen molar-refractivity contribution in [3.05, 3.63) is 47.0 Å². The molecule has 0 saturated heterocycles. The summed E-state index contributed by atoms with van der Waals surface area (Å²) < 4.78 is 6.80. The number of ether oxygens (including phenoxy) is 1. The van der Waals surface area contributed by atoms with E-state index in [9.17, 15) is 4.79 Å². The first-order valence-electron chi connectivity index (χ1n) is 4.99. The number of benzene rings is 1. The Balaban J connectivity index is 2.50. The van der Waals surface area contributed by atoms with Crippen molar-refractivity contribution >= 4 is 17.4 Å². The summed E-state index contributed by atoms with van der Waals surface area (Å²) in [5, 5.41) is 0.489. The van der Waals surface area contributed by atoms with Gasteiger partial charge in [-0.3, -0.25) is 4.79 Å². The lowest BCUT2D eigenvalue weighted by molar-refractivity contribution is 0.102. The van der Waals surface area contributed by atoms with Gasteiger partial charge in [0.2, 0.25) is 5.78 Å². The van der Waals surface area contributed by atoms with Gasteiger partial charge in [0.25, 0.3) is 0 Å². The molecule has 5 heteroatoms. The highest BCUT2D eigenvalue weighted by molar-refractivity contribution is 6.31. The zero-order valence-corrected chi connectivity index (χ0v) is 10.2. The maximum atomic E-state index is 12.2. The first-order chi connectivity index (χ1) is 8.13. The van der Waals surface area contributed by atoms with Crippen LogP contribution in [-0.4, -0.2) is 22.4 Å². The maximum Gasteiger partial charge on any atom is 0.232 e. The lowest BCUT2D eigenvalue weighted by Gasteiger charge is -2.07. The molecule has 0 atom stereocenters. The van der Waals surface area contributed by atoms with Crippen LogP contribution in [0.25, 0.3) is 0 Å². The van der Waals surface area contributed by atoms with Gasteiger partial charge in [0.05, 0.1) is 12.7 Å². The molecule has 0 aliphatic heterocycles. The van der Waals surface area contributed by atoms with Crippen molar-refractivity contribution in [3.63, 3.8) is 0 Å². The van der Waals surface area contributed by atoms with Crippen LogP contribution < -0.4 is 4.74 Å². The summed E-state index contributed by atoms with van der Waals surface area (Å²) in [7, 11) is 3.27. The number of imidazole rings is 1. The van der Waals surface area contributed by atoms with E-state index in [1.807, 2.05) is 0 Å². The third kappa shape index (κ3) is 2.17. The fourth-order valence-corrected chi connectivity index (χ4v) is 1.73.